The lowest BCUT2D eigenvalue weighted by atomic mass is 9.76. The summed E-state index contributed by atoms with van der Waals surface area (Å²) < 4.78 is 30.2. The van der Waals surface area contributed by atoms with E-state index in [4.69, 9.17) is 14.0 Å². The summed E-state index contributed by atoms with van der Waals surface area (Å²) in [6.07, 6.45) is 1.71. The summed E-state index contributed by atoms with van der Waals surface area (Å²) in [5.74, 6) is 0.845. The summed E-state index contributed by atoms with van der Waals surface area (Å²) in [5.41, 5.74) is 1.02. The molecule has 1 saturated heterocycles. The normalized spacial score (nSPS) is 21.9. The maximum atomic E-state index is 14.1. The molecule has 0 spiro atoms. The molecular weight excluding hydrogens is 455 g/mol. The van der Waals surface area contributed by atoms with Crippen molar-refractivity contribution in [2.45, 2.75) is 37.8 Å². The molecule has 2 aliphatic rings. The molecule has 35 heavy (non-hydrogen) atoms. The van der Waals surface area contributed by atoms with E-state index in [1.165, 1.54) is 6.07 Å². The van der Waals surface area contributed by atoms with E-state index >= 15 is 0 Å². The number of amides is 3. The lowest BCUT2D eigenvalue weighted by molar-refractivity contribution is -0.137. The van der Waals surface area contributed by atoms with Crippen LogP contribution in [0.1, 0.15) is 36.6 Å². The molecule has 2 heterocycles. The standard InChI is InChI=1S/C25H25FN4O5/c1-33-20-10-8-14(12-21(20)34-2)22-28-23(35-29-22)15-7-9-17-19(11-15)27-25(32)30(24(17)31)13-16-5-3-4-6-18(16)26/h3-6,8,10,12,15,17,19H,7,9,11,13H2,1-2H3,(H,27,32). The van der Waals surface area contributed by atoms with Crippen LogP contribution < -0.4 is 14.8 Å². The number of nitrogens with zero attached hydrogens (tertiary/aromatic N) is 3. The predicted molar refractivity (Wildman–Crippen MR) is 122 cm³/mol. The second kappa shape index (κ2) is 9.36. The lowest BCUT2D eigenvalue weighted by Crippen LogP contribution is -2.61. The van der Waals surface area contributed by atoms with E-state index in [1.54, 1.807) is 44.6 Å². The number of aromatic nitrogens is 2. The van der Waals surface area contributed by atoms with E-state index in [9.17, 15) is 14.0 Å². The van der Waals surface area contributed by atoms with E-state index in [1.807, 2.05) is 6.07 Å². The van der Waals surface area contributed by atoms with Crippen molar-refractivity contribution in [1.29, 1.82) is 0 Å². The number of carbonyl (C=O) groups excluding carboxylic acids is 2. The fourth-order valence-electron chi connectivity index (χ4n) is 4.83. The molecule has 3 unspecified atom stereocenters. The Kier molecular flexibility index (Phi) is 6.10. The highest BCUT2D eigenvalue weighted by Crippen LogP contribution is 2.39. The van der Waals surface area contributed by atoms with Crippen LogP contribution in [0.4, 0.5) is 9.18 Å². The SMILES string of the molecule is COc1ccc(-c2noc(C3CCC4C(=O)N(Cc5ccccc5F)C(=O)NC4C3)n2)cc1OC. The van der Waals surface area contributed by atoms with Gasteiger partial charge in [-0.1, -0.05) is 23.4 Å². The average Bonchev–Trinajstić information content (AvgIpc) is 3.37. The van der Waals surface area contributed by atoms with Gasteiger partial charge in [0.1, 0.15) is 5.82 Å². The quantitative estimate of drug-likeness (QED) is 0.570. The number of imide groups is 1. The summed E-state index contributed by atoms with van der Waals surface area (Å²) in [6.45, 7) is -0.0949. The highest BCUT2D eigenvalue weighted by atomic mass is 19.1. The van der Waals surface area contributed by atoms with E-state index < -0.39 is 11.8 Å². The Balaban J connectivity index is 1.29. The van der Waals surface area contributed by atoms with Gasteiger partial charge < -0.3 is 19.3 Å². The van der Waals surface area contributed by atoms with Gasteiger partial charge in [0.25, 0.3) is 0 Å². The van der Waals surface area contributed by atoms with Gasteiger partial charge in [-0.15, -0.1) is 0 Å². The first-order valence-corrected chi connectivity index (χ1v) is 11.4. The molecule has 3 atom stereocenters. The third-order valence-electron chi connectivity index (χ3n) is 6.71. The Morgan fingerprint density at radius 1 is 1.11 bits per heavy atom. The molecule has 1 aromatic heterocycles. The summed E-state index contributed by atoms with van der Waals surface area (Å²) in [5, 5.41) is 7.04. The molecular formula is C25H25FN4O5. The van der Waals surface area contributed by atoms with Gasteiger partial charge in [0, 0.05) is 23.1 Å². The zero-order valence-electron chi connectivity index (χ0n) is 19.4. The van der Waals surface area contributed by atoms with Crippen molar-refractivity contribution in [2.75, 3.05) is 14.2 Å². The van der Waals surface area contributed by atoms with Crippen molar-refractivity contribution in [3.05, 3.63) is 59.7 Å². The van der Waals surface area contributed by atoms with Crippen LogP contribution >= 0.6 is 0 Å². The molecule has 0 radical (unpaired) electrons. The van der Waals surface area contributed by atoms with Crippen molar-refractivity contribution < 1.29 is 28.0 Å². The van der Waals surface area contributed by atoms with Crippen LogP contribution in [0, 0.1) is 11.7 Å². The van der Waals surface area contributed by atoms with E-state index in [2.05, 4.69) is 15.5 Å². The molecule has 3 aromatic rings. The van der Waals surface area contributed by atoms with E-state index in [-0.39, 0.29) is 30.3 Å². The molecule has 5 rings (SSSR count). The van der Waals surface area contributed by atoms with Crippen molar-refractivity contribution in [3.8, 4) is 22.9 Å². The summed E-state index contributed by atoms with van der Waals surface area (Å²) >= 11 is 0. The predicted octanol–water partition coefficient (Wildman–Crippen LogP) is 3.90. The first-order chi connectivity index (χ1) is 17.0. The number of hydrogen-bond donors (Lipinski definition) is 1. The second-order valence-corrected chi connectivity index (χ2v) is 8.71. The Labute approximate surface area is 201 Å². The number of ether oxygens (including phenoxy) is 2. The minimum absolute atomic E-state index is 0.0936. The van der Waals surface area contributed by atoms with Crippen molar-refractivity contribution in [2.24, 2.45) is 5.92 Å². The maximum absolute atomic E-state index is 14.1. The van der Waals surface area contributed by atoms with Gasteiger partial charge in [0.15, 0.2) is 11.5 Å². The van der Waals surface area contributed by atoms with Gasteiger partial charge in [-0.2, -0.15) is 4.98 Å². The van der Waals surface area contributed by atoms with Gasteiger partial charge in [0.05, 0.1) is 26.7 Å². The van der Waals surface area contributed by atoms with Crippen LogP contribution in [-0.4, -0.2) is 47.2 Å². The highest BCUT2D eigenvalue weighted by molar-refractivity contribution is 5.98. The van der Waals surface area contributed by atoms with Crippen LogP contribution in [0.2, 0.25) is 0 Å². The number of carbonyl (C=O) groups is 2. The van der Waals surface area contributed by atoms with Crippen LogP contribution in [-0.2, 0) is 11.3 Å². The number of hydrogen-bond acceptors (Lipinski definition) is 7. The number of urea groups is 1. The smallest absolute Gasteiger partial charge is 0.324 e. The van der Waals surface area contributed by atoms with Gasteiger partial charge in [-0.3, -0.25) is 9.69 Å². The summed E-state index contributed by atoms with van der Waals surface area (Å²) in [7, 11) is 3.12. The van der Waals surface area contributed by atoms with Crippen LogP contribution in [0.25, 0.3) is 11.4 Å². The van der Waals surface area contributed by atoms with Gasteiger partial charge >= 0.3 is 6.03 Å². The Morgan fingerprint density at radius 2 is 1.91 bits per heavy atom. The fourth-order valence-corrected chi connectivity index (χ4v) is 4.83. The highest BCUT2D eigenvalue weighted by Gasteiger charge is 2.45. The number of rotatable bonds is 6. The van der Waals surface area contributed by atoms with Crippen molar-refractivity contribution >= 4 is 11.9 Å². The van der Waals surface area contributed by atoms with E-state index in [0.29, 0.717) is 48.0 Å². The first kappa shape index (κ1) is 22.8. The molecule has 2 fully saturated rings. The Bertz CT molecular complexity index is 1260. The topological polar surface area (TPSA) is 107 Å². The minimum atomic E-state index is -0.517. The molecule has 1 N–H and O–H groups in total. The number of benzene rings is 2. The van der Waals surface area contributed by atoms with E-state index in [0.717, 1.165) is 10.5 Å². The zero-order valence-corrected chi connectivity index (χ0v) is 19.4. The second-order valence-electron chi connectivity index (χ2n) is 8.71. The number of halogens is 1. The third kappa shape index (κ3) is 4.31. The minimum Gasteiger partial charge on any atom is -0.493 e. The van der Waals surface area contributed by atoms with Gasteiger partial charge in [0.2, 0.25) is 17.6 Å². The van der Waals surface area contributed by atoms with Crippen molar-refractivity contribution in [3.63, 3.8) is 0 Å². The molecule has 182 valence electrons. The molecule has 3 amide bonds. The van der Waals surface area contributed by atoms with Crippen LogP contribution in [0.5, 0.6) is 11.5 Å². The Morgan fingerprint density at radius 3 is 2.69 bits per heavy atom. The monoisotopic (exact) mass is 480 g/mol. The fraction of sp³-hybridized carbons (Fsp3) is 0.360. The molecule has 1 aliphatic carbocycles. The van der Waals surface area contributed by atoms with Crippen LogP contribution in [0.15, 0.2) is 47.0 Å². The molecule has 1 aliphatic heterocycles. The number of methoxy groups -OCH3 is 2. The lowest BCUT2D eigenvalue weighted by Gasteiger charge is -2.41. The molecule has 9 nitrogen and oxygen atoms in total. The average molecular weight is 480 g/mol. The Hall–Kier alpha value is -3.95. The number of fused-ring (bicyclic) bond motifs is 1. The molecule has 0 bridgehead atoms. The van der Waals surface area contributed by atoms with Crippen LogP contribution in [0.3, 0.4) is 0 Å². The largest absolute Gasteiger partial charge is 0.493 e. The first-order valence-electron chi connectivity index (χ1n) is 11.4. The molecule has 2 aromatic carbocycles. The summed E-state index contributed by atoms with van der Waals surface area (Å²) in [4.78, 5) is 31.5. The number of nitrogens with one attached hydrogen (secondary N) is 1. The third-order valence-corrected chi connectivity index (χ3v) is 6.71. The van der Waals surface area contributed by atoms with Gasteiger partial charge in [-0.25, -0.2) is 9.18 Å². The van der Waals surface area contributed by atoms with Gasteiger partial charge in [-0.05, 0) is 43.5 Å². The molecule has 1 saturated carbocycles. The molecule has 10 heteroatoms. The van der Waals surface area contributed by atoms with Crippen molar-refractivity contribution in [1.82, 2.24) is 20.4 Å². The zero-order chi connectivity index (χ0) is 24.5. The maximum Gasteiger partial charge on any atom is 0.324 e. The summed E-state index contributed by atoms with van der Waals surface area (Å²) in [6, 6.07) is 10.6.